The van der Waals surface area contributed by atoms with E-state index in [2.05, 4.69) is 30.5 Å². The molecule has 10 nitrogen and oxygen atoms in total. The van der Waals surface area contributed by atoms with Crippen LogP contribution >= 0.6 is 0 Å². The summed E-state index contributed by atoms with van der Waals surface area (Å²) < 4.78 is 25.1. The number of benzene rings is 1. The van der Waals surface area contributed by atoms with Crippen molar-refractivity contribution < 1.29 is 13.9 Å². The summed E-state index contributed by atoms with van der Waals surface area (Å²) in [5.41, 5.74) is 2.68. The minimum atomic E-state index is -0.470. The van der Waals surface area contributed by atoms with Gasteiger partial charge in [-0.25, -0.2) is 9.37 Å². The first-order valence-electron chi connectivity index (χ1n) is 12.1. The first-order valence-corrected chi connectivity index (χ1v) is 12.1. The first-order chi connectivity index (χ1) is 18.1. The normalized spacial score (nSPS) is 16.9. The van der Waals surface area contributed by atoms with Gasteiger partial charge in [-0.2, -0.15) is 5.10 Å². The van der Waals surface area contributed by atoms with Gasteiger partial charge in [0, 0.05) is 36.8 Å². The van der Waals surface area contributed by atoms with Crippen molar-refractivity contribution in [2.24, 2.45) is 0 Å². The van der Waals surface area contributed by atoms with E-state index in [-0.39, 0.29) is 17.9 Å². The lowest BCUT2D eigenvalue weighted by molar-refractivity contribution is 0.102. The molecule has 5 heterocycles. The Balaban J connectivity index is 1.42. The number of likely N-dealkylation sites (N-methyl/N-ethyl adjacent to an activating group) is 1. The summed E-state index contributed by atoms with van der Waals surface area (Å²) in [6, 6.07) is 8.11. The van der Waals surface area contributed by atoms with E-state index in [4.69, 9.17) is 4.74 Å². The van der Waals surface area contributed by atoms with Crippen molar-refractivity contribution >= 4 is 11.7 Å². The summed E-state index contributed by atoms with van der Waals surface area (Å²) in [6.45, 7) is 3.08. The fourth-order valence-corrected chi connectivity index (χ4v) is 4.60. The number of nitrogens with zero attached hydrogens (tertiary/aromatic N) is 7. The molecule has 2 bridgehead atoms. The highest BCUT2D eigenvalue weighted by atomic mass is 19.1. The van der Waals surface area contributed by atoms with Gasteiger partial charge in [-0.05, 0) is 31.7 Å². The van der Waals surface area contributed by atoms with Crippen LogP contribution in [0, 0.1) is 5.82 Å². The number of rotatable bonds is 1. The SMILES string of the molecule is CN1CCn2ncc(-c3cc4c(cc3F)OCC/C=C\Cn3cnnc3-c3cccc(n3)NC4=O)c2C1. The van der Waals surface area contributed by atoms with E-state index in [1.807, 2.05) is 34.5 Å². The van der Waals surface area contributed by atoms with Gasteiger partial charge in [-0.15, -0.1) is 10.2 Å². The molecule has 11 heteroatoms. The first kappa shape index (κ1) is 23.0. The second kappa shape index (κ2) is 9.58. The maximum Gasteiger partial charge on any atom is 0.260 e. The molecule has 188 valence electrons. The molecular weight excluding hydrogens is 475 g/mol. The van der Waals surface area contributed by atoms with Gasteiger partial charge < -0.3 is 14.6 Å². The Morgan fingerprint density at radius 1 is 1.11 bits per heavy atom. The maximum atomic E-state index is 15.5. The van der Waals surface area contributed by atoms with Crippen molar-refractivity contribution in [1.29, 1.82) is 0 Å². The van der Waals surface area contributed by atoms with Crippen LogP contribution < -0.4 is 10.1 Å². The largest absolute Gasteiger partial charge is 0.492 e. The monoisotopic (exact) mass is 500 g/mol. The summed E-state index contributed by atoms with van der Waals surface area (Å²) in [7, 11) is 2.02. The van der Waals surface area contributed by atoms with Crippen LogP contribution in [-0.2, 0) is 19.6 Å². The Bertz CT molecular complexity index is 1510. The highest BCUT2D eigenvalue weighted by molar-refractivity contribution is 6.06. The summed E-state index contributed by atoms with van der Waals surface area (Å²) in [6.07, 6.45) is 7.82. The van der Waals surface area contributed by atoms with E-state index >= 15 is 4.39 Å². The molecule has 1 amide bonds. The molecule has 0 saturated carbocycles. The van der Waals surface area contributed by atoms with E-state index in [1.54, 1.807) is 30.7 Å². The van der Waals surface area contributed by atoms with E-state index < -0.39 is 11.7 Å². The van der Waals surface area contributed by atoms with Crippen LogP contribution in [-0.4, -0.2) is 60.5 Å². The molecule has 0 spiro atoms. The Hall–Kier alpha value is -4.38. The van der Waals surface area contributed by atoms with Crippen LogP contribution in [0.25, 0.3) is 22.6 Å². The summed E-state index contributed by atoms with van der Waals surface area (Å²) in [5.74, 6) is 0.179. The minimum Gasteiger partial charge on any atom is -0.492 e. The molecule has 0 atom stereocenters. The zero-order valence-corrected chi connectivity index (χ0v) is 20.3. The molecule has 0 aliphatic carbocycles. The topological polar surface area (TPSA) is 103 Å². The van der Waals surface area contributed by atoms with Gasteiger partial charge >= 0.3 is 0 Å². The number of nitrogens with one attached hydrogen (secondary N) is 1. The van der Waals surface area contributed by atoms with Gasteiger partial charge in [-0.1, -0.05) is 18.2 Å². The van der Waals surface area contributed by atoms with Gasteiger partial charge in [0.2, 0.25) is 0 Å². The van der Waals surface area contributed by atoms with Crippen molar-refractivity contribution in [3.63, 3.8) is 0 Å². The number of amides is 1. The summed E-state index contributed by atoms with van der Waals surface area (Å²) in [5, 5.41) is 15.5. The molecule has 0 radical (unpaired) electrons. The average molecular weight is 501 g/mol. The lowest BCUT2D eigenvalue weighted by atomic mass is 10.0. The zero-order valence-electron chi connectivity index (χ0n) is 20.3. The average Bonchev–Trinajstić information content (AvgIpc) is 3.53. The molecule has 2 aliphatic rings. The van der Waals surface area contributed by atoms with Crippen LogP contribution in [0.1, 0.15) is 22.5 Å². The molecule has 1 aromatic carbocycles. The molecule has 37 heavy (non-hydrogen) atoms. The molecular formula is C26H25FN8O2. The minimum absolute atomic E-state index is 0.174. The van der Waals surface area contributed by atoms with Gasteiger partial charge in [0.15, 0.2) is 5.82 Å². The van der Waals surface area contributed by atoms with Crippen LogP contribution in [0.4, 0.5) is 10.2 Å². The number of halogens is 1. The zero-order chi connectivity index (χ0) is 25.4. The van der Waals surface area contributed by atoms with E-state index in [9.17, 15) is 4.79 Å². The lowest BCUT2D eigenvalue weighted by Crippen LogP contribution is -2.30. The summed E-state index contributed by atoms with van der Waals surface area (Å²) >= 11 is 0. The number of pyridine rings is 1. The number of ether oxygens (including phenoxy) is 1. The number of hydrogen-bond donors (Lipinski definition) is 1. The highest BCUT2D eigenvalue weighted by Crippen LogP contribution is 2.34. The van der Waals surface area contributed by atoms with E-state index in [0.717, 1.165) is 18.8 Å². The van der Waals surface area contributed by atoms with Gasteiger partial charge in [0.1, 0.15) is 29.4 Å². The van der Waals surface area contributed by atoms with Crippen molar-refractivity contribution in [3.8, 4) is 28.4 Å². The highest BCUT2D eigenvalue weighted by Gasteiger charge is 2.24. The molecule has 6 rings (SSSR count). The molecule has 2 aliphatic heterocycles. The van der Waals surface area contributed by atoms with Gasteiger partial charge in [0.25, 0.3) is 5.91 Å². The fourth-order valence-electron chi connectivity index (χ4n) is 4.60. The number of carbonyl (C=O) groups excluding carboxylic acids is 1. The molecule has 0 fully saturated rings. The van der Waals surface area contributed by atoms with Crippen LogP contribution in [0.5, 0.6) is 5.75 Å². The Morgan fingerprint density at radius 3 is 2.95 bits per heavy atom. The summed E-state index contributed by atoms with van der Waals surface area (Å²) in [4.78, 5) is 20.2. The van der Waals surface area contributed by atoms with Crippen LogP contribution in [0.15, 0.2) is 55.0 Å². The van der Waals surface area contributed by atoms with Crippen molar-refractivity contribution in [3.05, 3.63) is 72.1 Å². The molecule has 3 aromatic heterocycles. The van der Waals surface area contributed by atoms with Gasteiger partial charge in [-0.3, -0.25) is 14.4 Å². The fraction of sp³-hybridized carbons (Fsp3) is 0.269. The number of allylic oxidation sites excluding steroid dienone is 1. The molecule has 0 saturated heterocycles. The quantitative estimate of drug-likeness (QED) is 0.400. The van der Waals surface area contributed by atoms with Crippen LogP contribution in [0.2, 0.25) is 0 Å². The van der Waals surface area contributed by atoms with Crippen molar-refractivity contribution in [2.45, 2.75) is 26.1 Å². The molecule has 0 unspecified atom stereocenters. The molecule has 1 N–H and O–H groups in total. The number of hydrogen-bond acceptors (Lipinski definition) is 7. The second-order valence-electron chi connectivity index (χ2n) is 9.07. The number of fused-ring (bicyclic) bond motifs is 6. The van der Waals surface area contributed by atoms with E-state index in [0.29, 0.717) is 48.0 Å². The number of anilines is 1. The Kier molecular flexibility index (Phi) is 5.97. The lowest BCUT2D eigenvalue weighted by Gasteiger charge is -2.24. The smallest absolute Gasteiger partial charge is 0.260 e. The predicted octanol–water partition coefficient (Wildman–Crippen LogP) is 3.38. The van der Waals surface area contributed by atoms with Gasteiger partial charge in [0.05, 0.1) is 30.6 Å². The number of aromatic nitrogens is 6. The maximum absolute atomic E-state index is 15.5. The van der Waals surface area contributed by atoms with Crippen molar-refractivity contribution in [2.75, 3.05) is 25.5 Å². The predicted molar refractivity (Wildman–Crippen MR) is 134 cm³/mol. The van der Waals surface area contributed by atoms with Crippen molar-refractivity contribution in [1.82, 2.24) is 34.4 Å². The third kappa shape index (κ3) is 4.49. The Labute approximate surface area is 212 Å². The molecule has 4 aromatic rings. The second-order valence-corrected chi connectivity index (χ2v) is 9.07. The third-order valence-corrected chi connectivity index (χ3v) is 6.51. The van der Waals surface area contributed by atoms with Crippen LogP contribution in [0.3, 0.4) is 0 Å². The third-order valence-electron chi connectivity index (χ3n) is 6.51. The number of carbonyl (C=O) groups is 1. The standard InChI is InChI=1S/C26H25FN8O2/c1-33-9-10-35-22(15-33)19(14-29-35)17-12-18-23(13-20(17)27)37-11-4-2-3-8-34-16-28-32-25(34)21-6-5-7-24(30-21)31-26(18)36/h2-3,5-7,12-14,16H,4,8-11,15H2,1H3,(H,30,31,36)/b3-2-. The van der Waals surface area contributed by atoms with E-state index in [1.165, 1.54) is 6.07 Å². The Morgan fingerprint density at radius 2 is 2.03 bits per heavy atom.